The third-order valence-electron chi connectivity index (χ3n) is 3.25. The Labute approximate surface area is 125 Å². The zero-order valence-electron chi connectivity index (χ0n) is 12.4. The maximum atomic E-state index is 12.7. The fraction of sp³-hybridized carbons (Fsp3) is 0.500. The Morgan fingerprint density at radius 1 is 1.55 bits per heavy atom. The second-order valence-corrected chi connectivity index (χ2v) is 5.73. The van der Waals surface area contributed by atoms with E-state index in [1.165, 1.54) is 11.8 Å². The van der Waals surface area contributed by atoms with Crippen molar-refractivity contribution in [1.29, 1.82) is 0 Å². The normalized spacial score (nSPS) is 23.4. The minimum Gasteiger partial charge on any atom is -0.341 e. The first-order valence-electron chi connectivity index (χ1n) is 6.69. The van der Waals surface area contributed by atoms with Crippen LogP contribution >= 0.6 is 11.8 Å². The summed E-state index contributed by atoms with van der Waals surface area (Å²) < 4.78 is 0. The molecule has 0 spiro atoms. The highest BCUT2D eigenvalue weighted by atomic mass is 32.2. The Bertz CT molecular complexity index is 498. The second kappa shape index (κ2) is 7.35. The lowest BCUT2D eigenvalue weighted by Crippen LogP contribution is -2.46. The number of hydrogen-bond donors (Lipinski definition) is 0. The summed E-state index contributed by atoms with van der Waals surface area (Å²) in [5.74, 6) is 6.18. The highest BCUT2D eigenvalue weighted by molar-refractivity contribution is 8.04. The molecule has 0 aromatic heterocycles. The summed E-state index contributed by atoms with van der Waals surface area (Å²) in [5.41, 5.74) is -1.02. The summed E-state index contributed by atoms with van der Waals surface area (Å²) in [4.78, 5) is 27.5. The standard InChI is InChI=1S/C16H21NO2S/c1-5-8-9-10-16(15(19)17(4)11-6-2)12-20-13(7-3)14(16)18/h6-7H,2,5,10-12H2,1,3-4H3/b13-7-. The van der Waals surface area contributed by atoms with Gasteiger partial charge in [-0.1, -0.05) is 19.1 Å². The molecule has 1 aliphatic heterocycles. The number of ketones is 1. The lowest BCUT2D eigenvalue weighted by Gasteiger charge is -2.28. The average molecular weight is 291 g/mol. The molecule has 4 heteroatoms. The number of rotatable bonds is 4. The van der Waals surface area contributed by atoms with Crippen LogP contribution in [0, 0.1) is 17.3 Å². The van der Waals surface area contributed by atoms with Crippen LogP contribution in [0.25, 0.3) is 0 Å². The largest absolute Gasteiger partial charge is 0.341 e. The molecule has 1 rings (SSSR count). The summed E-state index contributed by atoms with van der Waals surface area (Å²) >= 11 is 1.45. The molecule has 0 bridgehead atoms. The molecule has 0 aliphatic carbocycles. The number of carbonyl (C=O) groups is 2. The molecule has 0 N–H and O–H groups in total. The van der Waals surface area contributed by atoms with Gasteiger partial charge >= 0.3 is 0 Å². The van der Waals surface area contributed by atoms with E-state index in [-0.39, 0.29) is 11.7 Å². The molecular formula is C16H21NO2S. The summed E-state index contributed by atoms with van der Waals surface area (Å²) in [5, 5.41) is 0. The van der Waals surface area contributed by atoms with E-state index in [2.05, 4.69) is 18.4 Å². The van der Waals surface area contributed by atoms with Crippen LogP contribution in [0.4, 0.5) is 0 Å². The van der Waals surface area contributed by atoms with Crippen molar-refractivity contribution in [3.8, 4) is 11.8 Å². The molecular weight excluding hydrogens is 270 g/mol. The van der Waals surface area contributed by atoms with Crippen molar-refractivity contribution in [2.45, 2.75) is 26.7 Å². The summed E-state index contributed by atoms with van der Waals surface area (Å²) in [6.45, 7) is 7.85. The van der Waals surface area contributed by atoms with Crippen LogP contribution in [0.1, 0.15) is 26.7 Å². The molecule has 0 aromatic carbocycles. The monoisotopic (exact) mass is 291 g/mol. The molecule has 0 radical (unpaired) electrons. The van der Waals surface area contributed by atoms with Crippen LogP contribution in [-0.2, 0) is 9.59 Å². The van der Waals surface area contributed by atoms with Crippen molar-refractivity contribution in [3.05, 3.63) is 23.6 Å². The zero-order valence-corrected chi connectivity index (χ0v) is 13.2. The van der Waals surface area contributed by atoms with Gasteiger partial charge in [-0.25, -0.2) is 0 Å². The van der Waals surface area contributed by atoms with Gasteiger partial charge in [-0.2, -0.15) is 0 Å². The van der Waals surface area contributed by atoms with Crippen molar-refractivity contribution in [2.75, 3.05) is 19.3 Å². The van der Waals surface area contributed by atoms with Crippen molar-refractivity contribution < 1.29 is 9.59 Å². The fourth-order valence-corrected chi connectivity index (χ4v) is 3.38. The molecule has 1 heterocycles. The molecule has 0 aromatic rings. The molecule has 108 valence electrons. The Kier molecular flexibility index (Phi) is 6.09. The molecule has 0 saturated carbocycles. The van der Waals surface area contributed by atoms with Gasteiger partial charge in [0.1, 0.15) is 5.41 Å². The van der Waals surface area contributed by atoms with E-state index >= 15 is 0 Å². The van der Waals surface area contributed by atoms with Gasteiger partial charge in [-0.05, 0) is 6.92 Å². The minimum atomic E-state index is -1.02. The quantitative estimate of drug-likeness (QED) is 0.346. The highest BCUT2D eigenvalue weighted by Crippen LogP contribution is 2.44. The highest BCUT2D eigenvalue weighted by Gasteiger charge is 2.52. The SMILES string of the molecule is C=CCN(C)C(=O)C1(CC#CCC)CS/C(=C\C)C1=O. The van der Waals surface area contributed by atoms with Crippen LogP contribution in [0.3, 0.4) is 0 Å². The Hall–Kier alpha value is -1.47. The van der Waals surface area contributed by atoms with Crippen LogP contribution in [-0.4, -0.2) is 35.9 Å². The van der Waals surface area contributed by atoms with Crippen LogP contribution < -0.4 is 0 Å². The van der Waals surface area contributed by atoms with Crippen LogP contribution in [0.5, 0.6) is 0 Å². The zero-order chi connectivity index (χ0) is 15.2. The Morgan fingerprint density at radius 3 is 2.75 bits per heavy atom. The molecule has 1 amide bonds. The van der Waals surface area contributed by atoms with Gasteiger partial charge in [-0.15, -0.1) is 30.2 Å². The van der Waals surface area contributed by atoms with E-state index < -0.39 is 5.41 Å². The molecule has 1 saturated heterocycles. The number of thioether (sulfide) groups is 1. The van der Waals surface area contributed by atoms with Gasteiger partial charge < -0.3 is 4.90 Å². The predicted octanol–water partition coefficient (Wildman–Crippen LogP) is 2.64. The van der Waals surface area contributed by atoms with Crippen molar-refractivity contribution in [1.82, 2.24) is 4.90 Å². The van der Waals surface area contributed by atoms with Crippen LogP contribution in [0.15, 0.2) is 23.6 Å². The van der Waals surface area contributed by atoms with Crippen LogP contribution in [0.2, 0.25) is 0 Å². The third kappa shape index (κ3) is 3.16. The first-order valence-corrected chi connectivity index (χ1v) is 7.68. The number of carbonyl (C=O) groups excluding carboxylic acids is 2. The van der Waals surface area contributed by atoms with Crippen molar-refractivity contribution in [3.63, 3.8) is 0 Å². The number of Topliss-reactive ketones (excluding diaryl/α,β-unsaturated/α-hetero) is 1. The predicted molar refractivity (Wildman–Crippen MR) is 84.2 cm³/mol. The molecule has 1 fully saturated rings. The second-order valence-electron chi connectivity index (χ2n) is 4.71. The minimum absolute atomic E-state index is 0.0867. The lowest BCUT2D eigenvalue weighted by atomic mass is 9.80. The van der Waals surface area contributed by atoms with Gasteiger partial charge in [0.05, 0.1) is 0 Å². The summed E-state index contributed by atoms with van der Waals surface area (Å²) in [6, 6.07) is 0. The van der Waals surface area contributed by atoms with Gasteiger partial charge in [-0.3, -0.25) is 9.59 Å². The number of nitrogens with zero attached hydrogens (tertiary/aromatic N) is 1. The molecule has 3 nitrogen and oxygen atoms in total. The van der Waals surface area contributed by atoms with E-state index in [1.54, 1.807) is 24.1 Å². The van der Waals surface area contributed by atoms with Gasteiger partial charge in [0.25, 0.3) is 0 Å². The Balaban J connectivity index is 3.12. The third-order valence-corrected chi connectivity index (χ3v) is 4.61. The van der Waals surface area contributed by atoms with Crippen molar-refractivity contribution in [2.24, 2.45) is 5.41 Å². The number of allylic oxidation sites excluding steroid dienone is 2. The number of hydrogen-bond acceptors (Lipinski definition) is 3. The first kappa shape index (κ1) is 16.6. The van der Waals surface area contributed by atoms with E-state index in [9.17, 15) is 9.59 Å². The van der Waals surface area contributed by atoms with Gasteiger partial charge in [0, 0.05) is 37.1 Å². The topological polar surface area (TPSA) is 37.4 Å². The summed E-state index contributed by atoms with van der Waals surface area (Å²) in [6.07, 6.45) is 4.46. The van der Waals surface area contributed by atoms with E-state index in [0.717, 1.165) is 6.42 Å². The molecule has 1 unspecified atom stereocenters. The van der Waals surface area contributed by atoms with Crippen molar-refractivity contribution >= 4 is 23.5 Å². The lowest BCUT2D eigenvalue weighted by molar-refractivity contribution is -0.144. The first-order chi connectivity index (χ1) is 9.53. The van der Waals surface area contributed by atoms with Gasteiger partial charge in [0.2, 0.25) is 5.91 Å². The van der Waals surface area contributed by atoms with Gasteiger partial charge in [0.15, 0.2) is 5.78 Å². The smallest absolute Gasteiger partial charge is 0.238 e. The van der Waals surface area contributed by atoms with E-state index in [1.807, 2.05) is 13.8 Å². The summed E-state index contributed by atoms with van der Waals surface area (Å²) in [7, 11) is 1.70. The Morgan fingerprint density at radius 2 is 2.25 bits per heavy atom. The van der Waals surface area contributed by atoms with E-state index in [4.69, 9.17) is 0 Å². The molecule has 1 aliphatic rings. The molecule has 20 heavy (non-hydrogen) atoms. The van der Waals surface area contributed by atoms with E-state index in [0.29, 0.717) is 23.6 Å². The maximum Gasteiger partial charge on any atom is 0.238 e. The average Bonchev–Trinajstić information content (AvgIpc) is 2.76. The maximum absolute atomic E-state index is 12.7. The molecule has 1 atom stereocenters. The number of amides is 1. The fourth-order valence-electron chi connectivity index (χ4n) is 2.13. The number of likely N-dealkylation sites (N-methyl/N-ethyl adjacent to an activating group) is 1.